The van der Waals surface area contributed by atoms with Gasteiger partial charge >= 0.3 is 11.9 Å². The second kappa shape index (κ2) is 11.7. The summed E-state index contributed by atoms with van der Waals surface area (Å²) in [5.74, 6) is 2.68. The number of methoxy groups -OCH3 is 2. The highest BCUT2D eigenvalue weighted by Crippen LogP contribution is 2.77. The van der Waals surface area contributed by atoms with Gasteiger partial charge in [0.25, 0.3) is 0 Å². The third-order valence-electron chi connectivity index (χ3n) is 15.4. The average molecular weight is 625 g/mol. The quantitative estimate of drug-likeness (QED) is 0.153. The molecule has 0 spiro atoms. The van der Waals surface area contributed by atoms with Crippen LogP contribution >= 0.6 is 0 Å². The second-order valence-electron chi connectivity index (χ2n) is 18.4. The Morgan fingerprint density at radius 3 is 2.16 bits per heavy atom. The van der Waals surface area contributed by atoms with Gasteiger partial charge in [-0.3, -0.25) is 9.59 Å². The van der Waals surface area contributed by atoms with E-state index < -0.39 is 5.41 Å². The summed E-state index contributed by atoms with van der Waals surface area (Å²) in [6.45, 7) is 23.4. The summed E-state index contributed by atoms with van der Waals surface area (Å²) in [7, 11) is 3.19. The van der Waals surface area contributed by atoms with Crippen molar-refractivity contribution in [3.63, 3.8) is 0 Å². The number of ether oxygens (including phenoxy) is 3. The summed E-state index contributed by atoms with van der Waals surface area (Å²) in [5.41, 5.74) is 1.85. The minimum atomic E-state index is -0.488. The fraction of sp³-hybridized carbons (Fsp3) is 0.850. The number of carbonyl (C=O) groups is 2. The lowest BCUT2D eigenvalue weighted by molar-refractivity contribution is -0.247. The predicted molar refractivity (Wildman–Crippen MR) is 180 cm³/mol. The lowest BCUT2D eigenvalue weighted by Gasteiger charge is -2.73. The maximum absolute atomic E-state index is 13.3. The third-order valence-corrected chi connectivity index (χ3v) is 15.4. The lowest BCUT2D eigenvalue weighted by Crippen LogP contribution is -2.66. The first-order valence-electron chi connectivity index (χ1n) is 18.0. The molecule has 4 unspecified atom stereocenters. The van der Waals surface area contributed by atoms with E-state index in [1.807, 2.05) is 20.1 Å². The fourth-order valence-electron chi connectivity index (χ4n) is 13.0. The Kier molecular flexibility index (Phi) is 9.00. The first-order valence-corrected chi connectivity index (χ1v) is 18.0. The molecule has 5 nitrogen and oxygen atoms in total. The molecule has 0 heterocycles. The van der Waals surface area contributed by atoms with Gasteiger partial charge in [-0.1, -0.05) is 60.6 Å². The van der Waals surface area contributed by atoms with Gasteiger partial charge in [0.05, 0.1) is 33.3 Å². The van der Waals surface area contributed by atoms with Gasteiger partial charge in [-0.05, 0) is 134 Å². The molecule has 5 saturated carbocycles. The molecule has 10 atom stereocenters. The Morgan fingerprint density at radius 1 is 0.822 bits per heavy atom. The van der Waals surface area contributed by atoms with E-state index in [0.29, 0.717) is 35.0 Å². The van der Waals surface area contributed by atoms with Crippen molar-refractivity contribution in [1.29, 1.82) is 0 Å². The molecule has 0 aromatic carbocycles. The molecule has 45 heavy (non-hydrogen) atoms. The van der Waals surface area contributed by atoms with Gasteiger partial charge in [0, 0.05) is 5.41 Å². The van der Waals surface area contributed by atoms with Crippen molar-refractivity contribution in [3.05, 3.63) is 24.5 Å². The van der Waals surface area contributed by atoms with Crippen molar-refractivity contribution in [3.8, 4) is 0 Å². The van der Waals surface area contributed by atoms with E-state index >= 15 is 0 Å². The molecule has 254 valence electrons. The van der Waals surface area contributed by atoms with Gasteiger partial charge in [-0.15, -0.1) is 0 Å². The molecular weight excluding hydrogens is 560 g/mol. The number of carbonyl (C=O) groups excluding carboxylic acids is 2. The summed E-state index contributed by atoms with van der Waals surface area (Å²) in [5, 5.41) is 0. The smallest absolute Gasteiger partial charge is 0.306 e. The van der Waals surface area contributed by atoms with E-state index in [1.165, 1.54) is 64.0 Å². The first-order chi connectivity index (χ1) is 20.9. The van der Waals surface area contributed by atoms with Crippen LogP contribution < -0.4 is 0 Å². The Balaban J connectivity index is 1.38. The van der Waals surface area contributed by atoms with E-state index in [4.69, 9.17) is 14.2 Å². The molecule has 0 radical (unpaired) electrons. The fourth-order valence-corrected chi connectivity index (χ4v) is 13.0. The van der Waals surface area contributed by atoms with Gasteiger partial charge < -0.3 is 14.2 Å². The number of hydrogen-bond donors (Lipinski definition) is 0. The van der Waals surface area contributed by atoms with Crippen LogP contribution in [-0.2, 0) is 23.8 Å². The summed E-state index contributed by atoms with van der Waals surface area (Å²) < 4.78 is 16.7. The Labute approximate surface area is 274 Å². The molecule has 0 amide bonds. The van der Waals surface area contributed by atoms with Crippen LogP contribution in [0.4, 0.5) is 0 Å². The van der Waals surface area contributed by atoms with Gasteiger partial charge in [0.2, 0.25) is 0 Å². The van der Waals surface area contributed by atoms with Crippen LogP contribution in [0.1, 0.15) is 132 Å². The molecule has 5 aliphatic rings. The number of hydrogen-bond acceptors (Lipinski definition) is 5. The molecule has 0 aromatic heterocycles. The summed E-state index contributed by atoms with van der Waals surface area (Å²) >= 11 is 0. The average Bonchev–Trinajstić information content (AvgIpc) is 3.33. The van der Waals surface area contributed by atoms with Crippen LogP contribution in [-0.4, -0.2) is 32.3 Å². The number of fused-ring (bicyclic) bond motifs is 7. The Morgan fingerprint density at radius 2 is 1.51 bits per heavy atom. The predicted octanol–water partition coefficient (Wildman–Crippen LogP) is 9.70. The van der Waals surface area contributed by atoms with Crippen LogP contribution in [0, 0.1) is 62.1 Å². The Bertz CT molecular complexity index is 1200. The summed E-state index contributed by atoms with van der Waals surface area (Å²) in [6, 6.07) is 0. The van der Waals surface area contributed by atoms with E-state index in [-0.39, 0.29) is 52.5 Å². The van der Waals surface area contributed by atoms with Crippen molar-refractivity contribution in [1.82, 2.24) is 0 Å². The lowest BCUT2D eigenvalue weighted by atomic mass is 9.32. The van der Waals surface area contributed by atoms with Crippen LogP contribution in [0.15, 0.2) is 24.5 Å². The highest BCUT2D eigenvalue weighted by molar-refractivity contribution is 5.74. The molecule has 5 fully saturated rings. The van der Waals surface area contributed by atoms with Crippen molar-refractivity contribution in [2.45, 2.75) is 139 Å². The first kappa shape index (κ1) is 34.6. The highest BCUT2D eigenvalue weighted by atomic mass is 16.5. The number of rotatable bonds is 8. The van der Waals surface area contributed by atoms with E-state index in [9.17, 15) is 9.59 Å². The standard InChI is InChI=1S/C40H64O5/c1-26(2)27-14-19-40(22-23-43-10)21-20-38(8)28(34(27)40)12-13-30-37(7)17-16-31(36(5,6)29(37)15-18-39(30,38)9)45-33(42)25-35(3,4)24-32(41)44-11/h22-23,27-31,34H,1,12-21,24-25H2,2-11H3/b23-22+/t27-,28?,29?,30?,31-,34?,37-,38+,39+,40+/m0/s1. The van der Waals surface area contributed by atoms with Gasteiger partial charge in [-0.2, -0.15) is 0 Å². The zero-order valence-electron chi connectivity index (χ0n) is 30.4. The van der Waals surface area contributed by atoms with Gasteiger partial charge in [0.15, 0.2) is 0 Å². The van der Waals surface area contributed by atoms with Crippen molar-refractivity contribution >= 4 is 11.9 Å². The molecule has 5 aliphatic carbocycles. The molecule has 0 N–H and O–H groups in total. The van der Waals surface area contributed by atoms with Crippen molar-refractivity contribution in [2.24, 2.45) is 62.1 Å². The van der Waals surface area contributed by atoms with E-state index in [2.05, 4.69) is 54.2 Å². The zero-order valence-corrected chi connectivity index (χ0v) is 30.4. The topological polar surface area (TPSA) is 61.8 Å². The van der Waals surface area contributed by atoms with Crippen LogP contribution in [0.25, 0.3) is 0 Å². The highest BCUT2D eigenvalue weighted by Gasteiger charge is 2.70. The van der Waals surface area contributed by atoms with Crippen LogP contribution in [0.3, 0.4) is 0 Å². The van der Waals surface area contributed by atoms with Crippen molar-refractivity contribution in [2.75, 3.05) is 14.2 Å². The SMILES string of the molecule is C=C(C)[C@@H]1CC[C@]2(/C=C/OC)CC[C@]3(C)C(CCC4[C@@]5(C)CC[C@H](OC(=O)CC(C)(C)CC(=O)OC)C(C)(C)C5CC[C@]43C)C12. The van der Waals surface area contributed by atoms with Crippen molar-refractivity contribution < 1.29 is 23.8 Å². The molecule has 5 heteroatoms. The van der Waals surface area contributed by atoms with Crippen LogP contribution in [0.2, 0.25) is 0 Å². The summed E-state index contributed by atoms with van der Waals surface area (Å²) in [4.78, 5) is 25.2. The molecule has 0 saturated heterocycles. The largest absolute Gasteiger partial charge is 0.505 e. The Hall–Kier alpha value is -1.78. The second-order valence-corrected chi connectivity index (χ2v) is 18.4. The zero-order chi connectivity index (χ0) is 33.2. The minimum Gasteiger partial charge on any atom is -0.505 e. The minimum absolute atomic E-state index is 0.0917. The molecule has 5 rings (SSSR count). The normalized spacial score (nSPS) is 43.8. The molecule has 0 aliphatic heterocycles. The third kappa shape index (κ3) is 5.42. The molecular formula is C40H64O5. The molecule has 0 aromatic rings. The monoisotopic (exact) mass is 624 g/mol. The number of allylic oxidation sites excluding steroid dienone is 2. The van der Waals surface area contributed by atoms with Gasteiger partial charge in [0.1, 0.15) is 6.10 Å². The maximum Gasteiger partial charge on any atom is 0.306 e. The van der Waals surface area contributed by atoms with Crippen LogP contribution in [0.5, 0.6) is 0 Å². The van der Waals surface area contributed by atoms with E-state index in [0.717, 1.165) is 12.8 Å². The van der Waals surface area contributed by atoms with Gasteiger partial charge in [-0.25, -0.2) is 0 Å². The summed E-state index contributed by atoms with van der Waals surface area (Å²) in [6.07, 6.45) is 16.9. The van der Waals surface area contributed by atoms with E-state index in [1.54, 1.807) is 7.11 Å². The molecule has 0 bridgehead atoms. The number of esters is 2. The maximum atomic E-state index is 13.3.